The fourth-order valence-electron chi connectivity index (χ4n) is 3.33. The lowest BCUT2D eigenvalue weighted by Gasteiger charge is -2.26. The summed E-state index contributed by atoms with van der Waals surface area (Å²) in [5.41, 5.74) is 0.310. The van der Waals surface area contributed by atoms with Crippen molar-refractivity contribution in [2.75, 3.05) is 37.4 Å². The number of ether oxygens (including phenoxy) is 2. The average molecular weight is 498 g/mol. The van der Waals surface area contributed by atoms with Gasteiger partial charge in [0.1, 0.15) is 11.6 Å². The van der Waals surface area contributed by atoms with Crippen molar-refractivity contribution in [3.8, 4) is 5.75 Å². The van der Waals surface area contributed by atoms with Gasteiger partial charge < -0.3 is 19.4 Å². The molecular weight excluding hydrogens is 466 g/mol. The van der Waals surface area contributed by atoms with Gasteiger partial charge in [-0.2, -0.15) is 4.31 Å². The molecule has 1 aliphatic rings. The molecule has 0 saturated carbocycles. The maximum Gasteiger partial charge on any atom is 0.243 e. The Hall–Kier alpha value is -2.15. The van der Waals surface area contributed by atoms with Crippen LogP contribution in [0.15, 0.2) is 28.3 Å². The van der Waals surface area contributed by atoms with E-state index < -0.39 is 10.0 Å². The van der Waals surface area contributed by atoms with Crippen molar-refractivity contribution < 1.29 is 22.7 Å². The largest absolute Gasteiger partial charge is 0.489 e. The first-order chi connectivity index (χ1) is 15.6. The first kappa shape index (κ1) is 25.5. The molecule has 2 aromatic rings. The van der Waals surface area contributed by atoms with Gasteiger partial charge in [-0.05, 0) is 32.0 Å². The number of anilines is 1. The Morgan fingerprint density at radius 1 is 1.21 bits per heavy atom. The summed E-state index contributed by atoms with van der Waals surface area (Å²) >= 11 is 1.26. The van der Waals surface area contributed by atoms with Crippen LogP contribution in [-0.2, 0) is 26.6 Å². The van der Waals surface area contributed by atoms with E-state index in [1.165, 1.54) is 28.2 Å². The molecule has 0 bridgehead atoms. The Morgan fingerprint density at radius 2 is 1.91 bits per heavy atom. The van der Waals surface area contributed by atoms with Crippen LogP contribution < -0.4 is 10.1 Å². The minimum Gasteiger partial charge on any atom is -0.489 e. The van der Waals surface area contributed by atoms with Crippen LogP contribution in [0.2, 0.25) is 0 Å². The minimum absolute atomic E-state index is 0.0889. The number of thioether (sulfide) groups is 1. The third-order valence-electron chi connectivity index (χ3n) is 4.91. The van der Waals surface area contributed by atoms with Crippen molar-refractivity contribution in [1.29, 1.82) is 0 Å². The molecule has 1 N–H and O–H groups in total. The van der Waals surface area contributed by atoms with Gasteiger partial charge in [0, 0.05) is 26.1 Å². The summed E-state index contributed by atoms with van der Waals surface area (Å²) in [7, 11) is -1.85. The summed E-state index contributed by atoms with van der Waals surface area (Å²) in [5.74, 6) is 1.25. The number of nitrogens with zero attached hydrogens (tertiary/aromatic N) is 4. The third-order valence-corrected chi connectivity index (χ3v) is 7.83. The number of aromatic nitrogens is 3. The molecule has 0 unspecified atom stereocenters. The van der Waals surface area contributed by atoms with Gasteiger partial charge in [0.15, 0.2) is 5.16 Å². The van der Waals surface area contributed by atoms with E-state index in [0.717, 1.165) is 5.82 Å². The molecule has 1 aliphatic heterocycles. The van der Waals surface area contributed by atoms with Crippen molar-refractivity contribution in [2.24, 2.45) is 7.05 Å². The third kappa shape index (κ3) is 6.25. The SMILES string of the molecule is CC(C)Oc1ccc(S(=O)(=O)N2CCOCC2)cc1NC(=O)CSc1nnc(C(C)C)n1C. The summed E-state index contributed by atoms with van der Waals surface area (Å²) in [6.45, 7) is 9.07. The van der Waals surface area contributed by atoms with Gasteiger partial charge in [-0.15, -0.1) is 10.2 Å². The van der Waals surface area contributed by atoms with Gasteiger partial charge in [-0.3, -0.25) is 4.79 Å². The first-order valence-electron chi connectivity index (χ1n) is 10.8. The first-order valence-corrected chi connectivity index (χ1v) is 13.2. The zero-order valence-corrected chi connectivity index (χ0v) is 21.2. The number of morpholine rings is 1. The molecule has 1 saturated heterocycles. The lowest BCUT2D eigenvalue weighted by atomic mass is 10.2. The molecular formula is C21H31N5O5S2. The predicted octanol–water partition coefficient (Wildman–Crippen LogP) is 2.48. The quantitative estimate of drug-likeness (QED) is 0.526. The molecule has 1 fully saturated rings. The number of rotatable bonds is 9. The van der Waals surface area contributed by atoms with E-state index >= 15 is 0 Å². The second kappa shape index (κ2) is 10.9. The number of amides is 1. The van der Waals surface area contributed by atoms with Crippen LogP contribution in [0.5, 0.6) is 5.75 Å². The smallest absolute Gasteiger partial charge is 0.243 e. The molecule has 2 heterocycles. The van der Waals surface area contributed by atoms with Gasteiger partial charge in [0.05, 0.1) is 35.7 Å². The van der Waals surface area contributed by atoms with Crippen molar-refractivity contribution in [1.82, 2.24) is 19.1 Å². The van der Waals surface area contributed by atoms with Gasteiger partial charge in [0.25, 0.3) is 0 Å². The van der Waals surface area contributed by atoms with Crippen LogP contribution in [0.1, 0.15) is 39.4 Å². The number of carbonyl (C=O) groups is 1. The molecule has 12 heteroatoms. The zero-order valence-electron chi connectivity index (χ0n) is 19.6. The highest BCUT2D eigenvalue weighted by molar-refractivity contribution is 7.99. The van der Waals surface area contributed by atoms with Gasteiger partial charge >= 0.3 is 0 Å². The fraction of sp³-hybridized carbons (Fsp3) is 0.571. The van der Waals surface area contributed by atoms with Crippen LogP contribution in [0.3, 0.4) is 0 Å². The summed E-state index contributed by atoms with van der Waals surface area (Å²) in [6, 6.07) is 4.53. The predicted molar refractivity (Wildman–Crippen MR) is 126 cm³/mol. The number of hydrogen-bond donors (Lipinski definition) is 1. The van der Waals surface area contributed by atoms with Crippen LogP contribution in [0, 0.1) is 0 Å². The Morgan fingerprint density at radius 3 is 2.52 bits per heavy atom. The number of benzene rings is 1. The van der Waals surface area contributed by atoms with E-state index in [9.17, 15) is 13.2 Å². The van der Waals surface area contributed by atoms with Gasteiger partial charge in [0.2, 0.25) is 15.9 Å². The highest BCUT2D eigenvalue weighted by Crippen LogP contribution is 2.31. The summed E-state index contributed by atoms with van der Waals surface area (Å²) in [4.78, 5) is 12.8. The molecule has 0 radical (unpaired) electrons. The number of sulfonamides is 1. The maximum absolute atomic E-state index is 13.1. The van der Waals surface area contributed by atoms with Crippen LogP contribution >= 0.6 is 11.8 Å². The molecule has 33 heavy (non-hydrogen) atoms. The fourth-order valence-corrected chi connectivity index (χ4v) is 5.48. The lowest BCUT2D eigenvalue weighted by molar-refractivity contribution is -0.113. The molecule has 0 aliphatic carbocycles. The molecule has 0 spiro atoms. The molecule has 3 rings (SSSR count). The number of hydrogen-bond acceptors (Lipinski definition) is 8. The Bertz CT molecular complexity index is 1080. The number of carbonyl (C=O) groups excluding carboxylic acids is 1. The highest BCUT2D eigenvalue weighted by Gasteiger charge is 2.27. The molecule has 1 aromatic heterocycles. The van der Waals surface area contributed by atoms with Crippen molar-refractivity contribution >= 4 is 33.4 Å². The zero-order chi connectivity index (χ0) is 24.2. The standard InChI is InChI=1S/C21H31N5O5S2/c1-14(2)20-23-24-21(25(20)5)32-13-19(27)22-17-12-16(6-7-18(17)31-15(3)4)33(28,29)26-8-10-30-11-9-26/h6-7,12,14-15H,8-11,13H2,1-5H3,(H,22,27). The van der Waals surface area contributed by atoms with Crippen molar-refractivity contribution in [2.45, 2.75) is 49.8 Å². The van der Waals surface area contributed by atoms with E-state index in [0.29, 0.717) is 42.9 Å². The second-order valence-electron chi connectivity index (χ2n) is 8.23. The van der Waals surface area contributed by atoms with E-state index in [1.807, 2.05) is 39.3 Å². The van der Waals surface area contributed by atoms with Gasteiger partial charge in [-0.25, -0.2) is 8.42 Å². The normalized spacial score (nSPS) is 15.2. The molecule has 1 amide bonds. The number of nitrogens with one attached hydrogen (secondary N) is 1. The molecule has 0 atom stereocenters. The Balaban J connectivity index is 1.78. The van der Waals surface area contributed by atoms with Crippen LogP contribution in [0.25, 0.3) is 0 Å². The second-order valence-corrected chi connectivity index (χ2v) is 11.1. The van der Waals surface area contributed by atoms with E-state index in [1.54, 1.807) is 6.07 Å². The van der Waals surface area contributed by atoms with Crippen molar-refractivity contribution in [3.05, 3.63) is 24.0 Å². The molecule has 10 nitrogen and oxygen atoms in total. The van der Waals surface area contributed by atoms with E-state index in [-0.39, 0.29) is 28.6 Å². The minimum atomic E-state index is -3.71. The summed E-state index contributed by atoms with van der Waals surface area (Å²) < 4.78 is 40.4. The maximum atomic E-state index is 13.1. The molecule has 182 valence electrons. The van der Waals surface area contributed by atoms with Crippen LogP contribution in [-0.4, -0.2) is 71.6 Å². The monoisotopic (exact) mass is 497 g/mol. The summed E-state index contributed by atoms with van der Waals surface area (Å²) in [6.07, 6.45) is -0.148. The summed E-state index contributed by atoms with van der Waals surface area (Å²) in [5, 5.41) is 11.8. The Labute approximate surface area is 199 Å². The Kier molecular flexibility index (Phi) is 8.38. The average Bonchev–Trinajstić information content (AvgIpc) is 3.14. The molecule has 1 aromatic carbocycles. The lowest BCUT2D eigenvalue weighted by Crippen LogP contribution is -2.40. The van der Waals surface area contributed by atoms with Crippen LogP contribution in [0.4, 0.5) is 5.69 Å². The van der Waals surface area contributed by atoms with Gasteiger partial charge in [-0.1, -0.05) is 25.6 Å². The highest BCUT2D eigenvalue weighted by atomic mass is 32.2. The van der Waals surface area contributed by atoms with E-state index in [4.69, 9.17) is 9.47 Å². The van der Waals surface area contributed by atoms with E-state index in [2.05, 4.69) is 15.5 Å². The van der Waals surface area contributed by atoms with Crippen molar-refractivity contribution in [3.63, 3.8) is 0 Å². The topological polar surface area (TPSA) is 116 Å².